The summed E-state index contributed by atoms with van der Waals surface area (Å²) in [6, 6.07) is 5.38. The smallest absolute Gasteiger partial charge is 0.315 e. The van der Waals surface area contributed by atoms with Crippen molar-refractivity contribution >= 4 is 21.6 Å². The zero-order chi connectivity index (χ0) is 17.1. The molecule has 1 aliphatic rings. The van der Waals surface area contributed by atoms with E-state index in [9.17, 15) is 23.3 Å². The van der Waals surface area contributed by atoms with Gasteiger partial charge in [0.25, 0.3) is 5.69 Å². The van der Waals surface area contributed by atoms with Crippen LogP contribution in [0.2, 0.25) is 0 Å². The maximum Gasteiger partial charge on any atom is 0.315 e. The van der Waals surface area contributed by atoms with Gasteiger partial charge in [0.05, 0.1) is 9.67 Å². The number of sulfone groups is 1. The predicted molar refractivity (Wildman–Crippen MR) is 84.8 cm³/mol. The Labute approximate surface area is 134 Å². The van der Waals surface area contributed by atoms with Crippen molar-refractivity contribution in [2.75, 3.05) is 12.8 Å². The van der Waals surface area contributed by atoms with Gasteiger partial charge >= 0.3 is 6.03 Å². The van der Waals surface area contributed by atoms with Crippen LogP contribution in [0, 0.1) is 10.1 Å². The molecule has 1 aromatic rings. The number of nitro benzene ring substituents is 1. The minimum atomic E-state index is -3.21. The van der Waals surface area contributed by atoms with Crippen molar-refractivity contribution in [2.24, 2.45) is 0 Å². The highest BCUT2D eigenvalue weighted by Gasteiger charge is 2.46. The van der Waals surface area contributed by atoms with Crippen LogP contribution in [0.1, 0.15) is 24.8 Å². The summed E-state index contributed by atoms with van der Waals surface area (Å²) in [4.78, 5) is 21.8. The first-order chi connectivity index (χ1) is 10.7. The van der Waals surface area contributed by atoms with Crippen molar-refractivity contribution in [2.45, 2.75) is 30.6 Å². The molecule has 2 N–H and O–H groups in total. The number of benzene rings is 1. The average Bonchev–Trinajstić information content (AvgIpc) is 2.42. The molecule has 0 unspecified atom stereocenters. The van der Waals surface area contributed by atoms with E-state index in [1.807, 2.05) is 0 Å². The van der Waals surface area contributed by atoms with Crippen LogP contribution in [0.15, 0.2) is 24.3 Å². The summed E-state index contributed by atoms with van der Waals surface area (Å²) in [6.45, 7) is 0.299. The number of hydrogen-bond donors (Lipinski definition) is 2. The molecule has 0 saturated heterocycles. The summed E-state index contributed by atoms with van der Waals surface area (Å²) in [6.07, 6.45) is 3.17. The van der Waals surface area contributed by atoms with Gasteiger partial charge in [-0.3, -0.25) is 10.1 Å². The molecule has 0 aromatic heterocycles. The number of nitrogens with zero attached hydrogens (tertiary/aromatic N) is 1. The number of rotatable bonds is 6. The van der Waals surface area contributed by atoms with Gasteiger partial charge in [-0.25, -0.2) is 13.2 Å². The molecule has 1 aromatic carbocycles. The van der Waals surface area contributed by atoms with Crippen molar-refractivity contribution in [1.29, 1.82) is 0 Å². The third kappa shape index (κ3) is 3.98. The minimum absolute atomic E-state index is 0.0155. The molecule has 0 atom stereocenters. The highest BCUT2D eigenvalue weighted by molar-refractivity contribution is 7.92. The Hall–Kier alpha value is -2.16. The Kier molecular flexibility index (Phi) is 4.88. The Bertz CT molecular complexity index is 696. The van der Waals surface area contributed by atoms with E-state index in [4.69, 9.17) is 0 Å². The lowest BCUT2D eigenvalue weighted by Crippen LogP contribution is -2.54. The van der Waals surface area contributed by atoms with Gasteiger partial charge in [0.2, 0.25) is 0 Å². The molecule has 9 heteroatoms. The lowest BCUT2D eigenvalue weighted by atomic mass is 9.84. The van der Waals surface area contributed by atoms with E-state index in [1.54, 1.807) is 12.1 Å². The number of non-ortho nitro benzene ring substituents is 1. The molecule has 126 valence electrons. The normalized spacial score (nSPS) is 16.2. The summed E-state index contributed by atoms with van der Waals surface area (Å²) in [5, 5.41) is 15.7. The number of urea groups is 1. The third-order valence-electron chi connectivity index (χ3n) is 4.22. The van der Waals surface area contributed by atoms with E-state index >= 15 is 0 Å². The van der Waals surface area contributed by atoms with Crippen LogP contribution >= 0.6 is 0 Å². The van der Waals surface area contributed by atoms with E-state index < -0.39 is 25.5 Å². The third-order valence-corrected chi connectivity index (χ3v) is 6.35. The second kappa shape index (κ2) is 6.53. The summed E-state index contributed by atoms with van der Waals surface area (Å²) in [5.74, 6) is 0. The average molecular weight is 341 g/mol. The van der Waals surface area contributed by atoms with Crippen LogP contribution < -0.4 is 10.6 Å². The quantitative estimate of drug-likeness (QED) is 0.598. The van der Waals surface area contributed by atoms with Crippen molar-refractivity contribution in [1.82, 2.24) is 10.6 Å². The molecule has 2 rings (SSSR count). The summed E-state index contributed by atoms with van der Waals surface area (Å²) >= 11 is 0. The van der Waals surface area contributed by atoms with Crippen LogP contribution in [0.4, 0.5) is 10.5 Å². The SMILES string of the molecule is CS(=O)(=O)C1(CNC(=O)NCc2ccc([N+](=O)[O-])cc2)CCC1. The number of nitrogens with one attached hydrogen (secondary N) is 2. The molecule has 2 amide bonds. The van der Waals surface area contributed by atoms with Crippen LogP contribution in [0.3, 0.4) is 0 Å². The Morgan fingerprint density at radius 1 is 1.26 bits per heavy atom. The van der Waals surface area contributed by atoms with E-state index in [0.29, 0.717) is 18.4 Å². The van der Waals surface area contributed by atoms with Gasteiger partial charge in [0.15, 0.2) is 9.84 Å². The zero-order valence-corrected chi connectivity index (χ0v) is 13.6. The van der Waals surface area contributed by atoms with Gasteiger partial charge < -0.3 is 10.6 Å². The first-order valence-corrected chi connectivity index (χ1v) is 9.07. The molecule has 0 bridgehead atoms. The summed E-state index contributed by atoms with van der Waals surface area (Å²) in [7, 11) is -3.21. The molecule has 1 saturated carbocycles. The fraction of sp³-hybridized carbons (Fsp3) is 0.500. The molecule has 1 fully saturated rings. The topological polar surface area (TPSA) is 118 Å². The molecule has 0 heterocycles. The van der Waals surface area contributed by atoms with E-state index in [1.165, 1.54) is 18.4 Å². The second-order valence-corrected chi connectivity index (χ2v) is 8.18. The lowest BCUT2D eigenvalue weighted by molar-refractivity contribution is -0.384. The first-order valence-electron chi connectivity index (χ1n) is 7.18. The fourth-order valence-corrected chi connectivity index (χ4v) is 3.84. The molecule has 0 radical (unpaired) electrons. The minimum Gasteiger partial charge on any atom is -0.337 e. The number of carbonyl (C=O) groups is 1. The van der Waals surface area contributed by atoms with Crippen molar-refractivity contribution in [3.8, 4) is 0 Å². The monoisotopic (exact) mass is 341 g/mol. The summed E-state index contributed by atoms with van der Waals surface area (Å²) < 4.78 is 22.7. The lowest BCUT2D eigenvalue weighted by Gasteiger charge is -2.39. The number of hydrogen-bond acceptors (Lipinski definition) is 5. The highest BCUT2D eigenvalue weighted by atomic mass is 32.2. The number of carbonyl (C=O) groups excluding carboxylic acids is 1. The summed E-state index contributed by atoms with van der Waals surface area (Å²) in [5.41, 5.74) is 0.700. The number of amides is 2. The van der Waals surface area contributed by atoms with E-state index in [0.717, 1.165) is 6.42 Å². The van der Waals surface area contributed by atoms with E-state index in [2.05, 4.69) is 10.6 Å². The molecule has 1 aliphatic carbocycles. The maximum absolute atomic E-state index is 11.8. The zero-order valence-electron chi connectivity index (χ0n) is 12.7. The second-order valence-electron chi connectivity index (χ2n) is 5.77. The number of nitro groups is 1. The van der Waals surface area contributed by atoms with Crippen molar-refractivity contribution in [3.05, 3.63) is 39.9 Å². The fourth-order valence-electron chi connectivity index (χ4n) is 2.47. The highest BCUT2D eigenvalue weighted by Crippen LogP contribution is 2.38. The Morgan fingerprint density at radius 3 is 2.30 bits per heavy atom. The van der Waals surface area contributed by atoms with Gasteiger partial charge in [-0.15, -0.1) is 0 Å². The molecule has 0 aliphatic heterocycles. The van der Waals surface area contributed by atoms with E-state index in [-0.39, 0.29) is 18.8 Å². The van der Waals surface area contributed by atoms with Crippen LogP contribution in [0.5, 0.6) is 0 Å². The predicted octanol–water partition coefficient (Wildman–Crippen LogP) is 1.36. The molecular formula is C14H19N3O5S. The van der Waals surface area contributed by atoms with Crippen LogP contribution in [-0.2, 0) is 16.4 Å². The molecule has 0 spiro atoms. The van der Waals surface area contributed by atoms with Gasteiger partial charge in [-0.1, -0.05) is 18.6 Å². The molecule has 23 heavy (non-hydrogen) atoms. The Morgan fingerprint density at radius 2 is 1.87 bits per heavy atom. The van der Waals surface area contributed by atoms with Crippen LogP contribution in [-0.4, -0.2) is 36.9 Å². The van der Waals surface area contributed by atoms with Gasteiger partial charge in [-0.05, 0) is 18.4 Å². The molecule has 8 nitrogen and oxygen atoms in total. The molecular weight excluding hydrogens is 322 g/mol. The van der Waals surface area contributed by atoms with Gasteiger partial charge in [0.1, 0.15) is 0 Å². The van der Waals surface area contributed by atoms with Crippen molar-refractivity contribution < 1.29 is 18.1 Å². The first kappa shape index (κ1) is 17.2. The van der Waals surface area contributed by atoms with Crippen molar-refractivity contribution in [3.63, 3.8) is 0 Å². The largest absolute Gasteiger partial charge is 0.337 e. The standard InChI is InChI=1S/C14H19N3O5S/c1-23(21,22)14(7-2-8-14)10-16-13(18)15-9-11-3-5-12(6-4-11)17(19)20/h3-6H,2,7-10H2,1H3,(H2,15,16,18). The Balaban J connectivity index is 1.82. The van der Waals surface area contributed by atoms with Gasteiger partial charge in [0, 0.05) is 31.5 Å². The van der Waals surface area contributed by atoms with Crippen LogP contribution in [0.25, 0.3) is 0 Å². The maximum atomic E-state index is 11.8. The van der Waals surface area contributed by atoms with Gasteiger partial charge in [-0.2, -0.15) is 0 Å².